The molecule has 0 spiro atoms. The highest BCUT2D eigenvalue weighted by molar-refractivity contribution is 5.93. The van der Waals surface area contributed by atoms with Crippen molar-refractivity contribution in [1.29, 1.82) is 0 Å². The van der Waals surface area contributed by atoms with Gasteiger partial charge in [0.2, 0.25) is 5.79 Å². The van der Waals surface area contributed by atoms with E-state index in [1.807, 2.05) is 0 Å². The van der Waals surface area contributed by atoms with Crippen molar-refractivity contribution in [3.63, 3.8) is 0 Å². The van der Waals surface area contributed by atoms with Crippen LogP contribution in [0.25, 0.3) is 0 Å². The molecule has 2 aliphatic carbocycles. The summed E-state index contributed by atoms with van der Waals surface area (Å²) in [5.41, 5.74) is 1.36. The van der Waals surface area contributed by atoms with Crippen molar-refractivity contribution in [3.05, 3.63) is 22.8 Å². The van der Waals surface area contributed by atoms with Crippen molar-refractivity contribution in [2.24, 2.45) is 17.3 Å². The van der Waals surface area contributed by atoms with Gasteiger partial charge in [0, 0.05) is 17.4 Å². The first-order valence-corrected chi connectivity index (χ1v) is 8.68. The summed E-state index contributed by atoms with van der Waals surface area (Å²) in [6.45, 7) is 9.40. The maximum Gasteiger partial charge on any atom is 0.336 e. The number of ether oxygens (including phenoxy) is 2. The fourth-order valence-electron chi connectivity index (χ4n) is 4.25. The lowest BCUT2D eigenvalue weighted by Crippen LogP contribution is -2.55. The Balaban J connectivity index is 2.16. The van der Waals surface area contributed by atoms with Crippen molar-refractivity contribution < 1.29 is 24.2 Å². The Labute approximate surface area is 142 Å². The maximum atomic E-state index is 12.3. The quantitative estimate of drug-likeness (QED) is 0.621. The minimum atomic E-state index is -1.69. The maximum absolute atomic E-state index is 12.3. The summed E-state index contributed by atoms with van der Waals surface area (Å²) in [6, 6.07) is 0. The zero-order valence-corrected chi connectivity index (χ0v) is 15.0. The Hall–Kier alpha value is -1.62. The van der Waals surface area contributed by atoms with Gasteiger partial charge in [0.15, 0.2) is 0 Å². The highest BCUT2D eigenvalue weighted by Crippen LogP contribution is 2.58. The van der Waals surface area contributed by atoms with E-state index in [1.165, 1.54) is 0 Å². The second-order valence-electron chi connectivity index (χ2n) is 7.85. The Bertz CT molecular complexity index is 659. The fraction of sp³-hybridized carbons (Fsp3) is 0.684. The van der Waals surface area contributed by atoms with Crippen LogP contribution >= 0.6 is 0 Å². The molecular weight excluding hydrogens is 308 g/mol. The summed E-state index contributed by atoms with van der Waals surface area (Å²) in [7, 11) is 0. The second-order valence-corrected chi connectivity index (χ2v) is 7.85. The fourth-order valence-corrected chi connectivity index (χ4v) is 4.25. The van der Waals surface area contributed by atoms with Crippen LogP contribution in [0.5, 0.6) is 0 Å². The first kappa shape index (κ1) is 17.2. The molecule has 0 aromatic carbocycles. The molecule has 5 nitrogen and oxygen atoms in total. The molecule has 0 saturated heterocycles. The van der Waals surface area contributed by atoms with Gasteiger partial charge in [0.05, 0.1) is 11.5 Å². The van der Waals surface area contributed by atoms with E-state index in [0.29, 0.717) is 11.1 Å². The highest BCUT2D eigenvalue weighted by Gasteiger charge is 2.62. The summed E-state index contributed by atoms with van der Waals surface area (Å²) >= 11 is 0. The third-order valence-electron chi connectivity index (χ3n) is 6.04. The number of esters is 2. The summed E-state index contributed by atoms with van der Waals surface area (Å²) in [5, 5.41) is 11.0. The van der Waals surface area contributed by atoms with E-state index in [4.69, 9.17) is 9.47 Å². The summed E-state index contributed by atoms with van der Waals surface area (Å²) in [5.74, 6) is -2.57. The minimum absolute atomic E-state index is 0.252. The van der Waals surface area contributed by atoms with Gasteiger partial charge in [-0.1, -0.05) is 39.3 Å². The lowest BCUT2D eigenvalue weighted by molar-refractivity contribution is -0.199. The van der Waals surface area contributed by atoms with Gasteiger partial charge in [-0.2, -0.15) is 0 Å². The molecule has 1 fully saturated rings. The molecule has 24 heavy (non-hydrogen) atoms. The zero-order valence-electron chi connectivity index (χ0n) is 15.0. The Kier molecular flexibility index (Phi) is 3.91. The lowest BCUT2D eigenvalue weighted by atomic mass is 9.56. The van der Waals surface area contributed by atoms with Crippen molar-refractivity contribution in [2.45, 2.75) is 65.8 Å². The van der Waals surface area contributed by atoms with Crippen LogP contribution in [0, 0.1) is 17.3 Å². The SMILES string of the molecule is CC1=C2[C@@H](OC(=O)C(C)C)[C@@]3(C)C(=CCC[C@@H]3C)C[C@@]2(O)OC1=O. The molecule has 1 saturated carbocycles. The van der Waals surface area contributed by atoms with Gasteiger partial charge in [0.1, 0.15) is 6.10 Å². The number of carbonyl (C=O) groups is 2. The van der Waals surface area contributed by atoms with E-state index >= 15 is 0 Å². The van der Waals surface area contributed by atoms with Gasteiger partial charge in [-0.15, -0.1) is 0 Å². The van der Waals surface area contributed by atoms with Crippen molar-refractivity contribution in [1.82, 2.24) is 0 Å². The third kappa shape index (κ3) is 2.25. The molecule has 1 N–H and O–H groups in total. The van der Waals surface area contributed by atoms with E-state index in [0.717, 1.165) is 18.4 Å². The molecule has 0 aromatic rings. The number of fused-ring (bicyclic) bond motifs is 2. The molecule has 0 aromatic heterocycles. The van der Waals surface area contributed by atoms with Crippen LogP contribution < -0.4 is 0 Å². The van der Waals surface area contributed by atoms with Crippen molar-refractivity contribution in [2.75, 3.05) is 0 Å². The van der Waals surface area contributed by atoms with E-state index < -0.39 is 23.3 Å². The topological polar surface area (TPSA) is 72.8 Å². The van der Waals surface area contributed by atoms with Gasteiger partial charge >= 0.3 is 11.9 Å². The number of hydrogen-bond acceptors (Lipinski definition) is 5. The van der Waals surface area contributed by atoms with Gasteiger partial charge < -0.3 is 14.6 Å². The van der Waals surface area contributed by atoms with Gasteiger partial charge in [-0.3, -0.25) is 4.79 Å². The van der Waals surface area contributed by atoms with E-state index in [-0.39, 0.29) is 24.2 Å². The van der Waals surface area contributed by atoms with Gasteiger partial charge in [-0.05, 0) is 25.7 Å². The van der Waals surface area contributed by atoms with Crippen LogP contribution in [-0.4, -0.2) is 28.9 Å². The van der Waals surface area contributed by atoms with Crippen LogP contribution in [-0.2, 0) is 19.1 Å². The summed E-state index contributed by atoms with van der Waals surface area (Å²) < 4.78 is 11.1. The summed E-state index contributed by atoms with van der Waals surface area (Å²) in [6.07, 6.45) is 3.57. The third-order valence-corrected chi connectivity index (χ3v) is 6.04. The van der Waals surface area contributed by atoms with Gasteiger partial charge in [-0.25, -0.2) is 4.79 Å². The molecule has 0 amide bonds. The molecule has 3 aliphatic rings. The molecule has 0 radical (unpaired) electrons. The average molecular weight is 334 g/mol. The number of aliphatic hydroxyl groups is 1. The first-order chi connectivity index (χ1) is 11.1. The molecule has 1 aliphatic heterocycles. The van der Waals surface area contributed by atoms with Crippen molar-refractivity contribution >= 4 is 11.9 Å². The van der Waals surface area contributed by atoms with Crippen LogP contribution in [0.1, 0.15) is 53.9 Å². The number of rotatable bonds is 2. The smallest absolute Gasteiger partial charge is 0.336 e. The van der Waals surface area contributed by atoms with Crippen LogP contribution in [0.2, 0.25) is 0 Å². The second kappa shape index (κ2) is 5.45. The molecule has 4 atom stereocenters. The zero-order chi connectivity index (χ0) is 17.9. The number of hydrogen-bond donors (Lipinski definition) is 1. The Morgan fingerprint density at radius 3 is 2.75 bits per heavy atom. The van der Waals surface area contributed by atoms with Crippen LogP contribution in [0.15, 0.2) is 22.8 Å². The Morgan fingerprint density at radius 1 is 1.46 bits per heavy atom. The summed E-state index contributed by atoms with van der Waals surface area (Å²) in [4.78, 5) is 24.4. The molecule has 1 heterocycles. The van der Waals surface area contributed by atoms with Gasteiger partial charge in [0.25, 0.3) is 0 Å². The molecule has 3 rings (SSSR count). The monoisotopic (exact) mass is 334 g/mol. The predicted molar refractivity (Wildman–Crippen MR) is 87.7 cm³/mol. The highest BCUT2D eigenvalue weighted by atomic mass is 16.7. The number of carbonyl (C=O) groups excluding carboxylic acids is 2. The normalized spacial score (nSPS) is 38.5. The van der Waals surface area contributed by atoms with E-state index in [2.05, 4.69) is 19.9 Å². The number of allylic oxidation sites excluding steroid dienone is 1. The van der Waals surface area contributed by atoms with Crippen LogP contribution in [0.3, 0.4) is 0 Å². The predicted octanol–water partition coefficient (Wildman–Crippen LogP) is 2.88. The van der Waals surface area contributed by atoms with E-state index in [1.54, 1.807) is 20.8 Å². The minimum Gasteiger partial charge on any atom is -0.456 e. The molecule has 5 heteroatoms. The largest absolute Gasteiger partial charge is 0.456 e. The van der Waals surface area contributed by atoms with Crippen LogP contribution in [0.4, 0.5) is 0 Å². The molecule has 132 valence electrons. The molecule has 0 bridgehead atoms. The van der Waals surface area contributed by atoms with Crippen molar-refractivity contribution in [3.8, 4) is 0 Å². The lowest BCUT2D eigenvalue weighted by Gasteiger charge is -2.52. The average Bonchev–Trinajstić information content (AvgIpc) is 2.71. The first-order valence-electron chi connectivity index (χ1n) is 8.68. The molecule has 0 unspecified atom stereocenters. The standard InChI is InChI=1S/C19H26O5/c1-10(2)16(20)23-15-14-12(4)17(21)24-19(14,22)9-13-8-6-7-11(3)18(13,15)5/h8,10-11,15,22H,6-7,9H2,1-5H3/t11-,15+,18+,19+/m0/s1. The molecular formula is C19H26O5. The van der Waals surface area contributed by atoms with E-state index in [9.17, 15) is 14.7 Å². The Morgan fingerprint density at radius 2 is 2.12 bits per heavy atom.